The molecule has 0 aromatic heterocycles. The summed E-state index contributed by atoms with van der Waals surface area (Å²) >= 11 is 0. The Kier molecular flexibility index (Phi) is 3.42. The van der Waals surface area contributed by atoms with E-state index in [0.29, 0.717) is 0 Å². The molecular weight excluding hydrogens is 142 g/mol. The van der Waals surface area contributed by atoms with Crippen LogP contribution in [0.4, 0.5) is 0 Å². The molecule has 0 saturated carbocycles. The van der Waals surface area contributed by atoms with Crippen molar-refractivity contribution in [2.75, 3.05) is 0 Å². The van der Waals surface area contributed by atoms with Crippen molar-refractivity contribution < 1.29 is 9.59 Å². The van der Waals surface area contributed by atoms with Crippen molar-refractivity contribution in [3.63, 3.8) is 0 Å². The zero-order chi connectivity index (χ0) is 8.91. The van der Waals surface area contributed by atoms with Gasteiger partial charge >= 0.3 is 0 Å². The van der Waals surface area contributed by atoms with Crippen LogP contribution in [0.3, 0.4) is 0 Å². The highest BCUT2D eigenvalue weighted by atomic mass is 16.2. The first-order chi connectivity index (χ1) is 5.02. The predicted molar refractivity (Wildman–Crippen MR) is 41.7 cm³/mol. The van der Waals surface area contributed by atoms with Gasteiger partial charge in [-0.15, -0.1) is 11.6 Å². The normalized spacial score (nSPS) is 10.0. The van der Waals surface area contributed by atoms with E-state index in [4.69, 9.17) is 0 Å². The summed E-state index contributed by atoms with van der Waals surface area (Å²) in [5.74, 6) is -0.454. The van der Waals surface area contributed by atoms with Crippen molar-refractivity contribution in [2.24, 2.45) is 10.4 Å². The summed E-state index contributed by atoms with van der Waals surface area (Å²) in [5, 5.41) is 0. The fourth-order valence-corrected chi connectivity index (χ4v) is 0.552. The van der Waals surface area contributed by atoms with E-state index < -0.39 is 5.91 Å². The summed E-state index contributed by atoms with van der Waals surface area (Å²) in [7, 11) is 0. The Balaban J connectivity index is 4.14. The molecule has 11 heavy (non-hydrogen) atoms. The number of rotatable bonds is 3. The van der Waals surface area contributed by atoms with Gasteiger partial charge in [0.1, 0.15) is 0 Å². The van der Waals surface area contributed by atoms with Crippen LogP contribution in [0.2, 0.25) is 0 Å². The largest absolute Gasteiger partial charge is 0.272 e. The van der Waals surface area contributed by atoms with Gasteiger partial charge in [-0.05, 0) is 5.41 Å². The molecule has 0 unspecified atom stereocenters. The zero-order valence-corrected chi connectivity index (χ0v) is 6.76. The first kappa shape index (κ1) is 9.79. The van der Waals surface area contributed by atoms with Gasteiger partial charge in [-0.1, -0.05) is 19.9 Å². The second-order valence-electron chi connectivity index (χ2n) is 2.97. The third-order valence-electron chi connectivity index (χ3n) is 1.33. The number of carbonyl (C=O) groups is 1. The topological polar surface area (TPSA) is 46.5 Å². The monoisotopic (exact) mass is 153 g/mol. The number of aliphatic imine (C=N–C) groups is 1. The average molecular weight is 153 g/mol. The van der Waals surface area contributed by atoms with E-state index in [2.05, 4.69) is 11.6 Å². The average Bonchev–Trinajstić information content (AvgIpc) is 1.87. The van der Waals surface area contributed by atoms with Crippen molar-refractivity contribution in [2.45, 2.75) is 20.3 Å². The molecule has 60 valence electrons. The molecule has 0 aliphatic carbocycles. The lowest BCUT2D eigenvalue weighted by Gasteiger charge is -2.15. The smallest absolute Gasteiger partial charge is 0.257 e. The predicted octanol–water partition coefficient (Wildman–Crippen LogP) is 1.45. The van der Waals surface area contributed by atoms with Gasteiger partial charge in [0.05, 0.1) is 0 Å². The molecule has 0 N–H and O–H groups in total. The molecule has 3 nitrogen and oxygen atoms in total. The minimum atomic E-state index is -0.454. The molecule has 0 spiro atoms. The van der Waals surface area contributed by atoms with E-state index in [0.717, 1.165) is 0 Å². The minimum absolute atomic E-state index is 0.200. The first-order valence-electron chi connectivity index (χ1n) is 3.26. The zero-order valence-electron chi connectivity index (χ0n) is 6.76. The van der Waals surface area contributed by atoms with Crippen molar-refractivity contribution in [1.82, 2.24) is 0 Å². The minimum Gasteiger partial charge on any atom is -0.272 e. The van der Waals surface area contributed by atoms with Gasteiger partial charge in [0.25, 0.3) is 5.91 Å². The Bertz CT molecular complexity index is 212. The number of isocyanates is 1. The molecule has 0 fully saturated rings. The lowest BCUT2D eigenvalue weighted by Crippen LogP contribution is -2.12. The van der Waals surface area contributed by atoms with E-state index in [1.54, 1.807) is 6.08 Å². The fraction of sp³-hybridized carbons (Fsp3) is 0.500. The Hall–Kier alpha value is -1.21. The maximum absolute atomic E-state index is 10.7. The van der Waals surface area contributed by atoms with Crippen LogP contribution in [-0.4, -0.2) is 12.0 Å². The third-order valence-corrected chi connectivity index (χ3v) is 1.33. The lowest BCUT2D eigenvalue weighted by molar-refractivity contribution is -0.119. The SMILES string of the molecule is C=CC(C)(C)CC(=O)N=C=O. The molecule has 0 heterocycles. The molecule has 0 aromatic carbocycles. The summed E-state index contributed by atoms with van der Waals surface area (Å²) in [6.45, 7) is 7.24. The van der Waals surface area contributed by atoms with E-state index in [-0.39, 0.29) is 11.8 Å². The van der Waals surface area contributed by atoms with Gasteiger partial charge in [0.2, 0.25) is 6.08 Å². The highest BCUT2D eigenvalue weighted by Gasteiger charge is 2.17. The molecule has 0 saturated heterocycles. The van der Waals surface area contributed by atoms with Crippen molar-refractivity contribution in [3.05, 3.63) is 12.7 Å². The van der Waals surface area contributed by atoms with Gasteiger partial charge in [-0.2, -0.15) is 0 Å². The molecule has 0 bridgehead atoms. The standard InChI is InChI=1S/C8H11NO2/c1-4-8(2,3)5-7(11)9-6-10/h4H,1,5H2,2-3H3. The molecule has 0 rings (SSSR count). The van der Waals surface area contributed by atoms with E-state index in [1.165, 1.54) is 6.08 Å². The van der Waals surface area contributed by atoms with Gasteiger partial charge in [0, 0.05) is 6.42 Å². The summed E-state index contributed by atoms with van der Waals surface area (Å²) < 4.78 is 0. The molecular formula is C8H11NO2. The number of hydrogen-bond donors (Lipinski definition) is 0. The second kappa shape index (κ2) is 3.84. The van der Waals surface area contributed by atoms with Gasteiger partial charge in [-0.25, -0.2) is 4.79 Å². The number of nitrogens with zero attached hydrogens (tertiary/aromatic N) is 1. The van der Waals surface area contributed by atoms with E-state index in [9.17, 15) is 9.59 Å². The van der Waals surface area contributed by atoms with Crippen LogP contribution in [-0.2, 0) is 9.59 Å². The highest BCUT2D eigenvalue weighted by Crippen LogP contribution is 2.21. The van der Waals surface area contributed by atoms with Crippen molar-refractivity contribution in [3.8, 4) is 0 Å². The Morgan fingerprint density at radius 3 is 2.64 bits per heavy atom. The quantitative estimate of drug-likeness (QED) is 0.350. The lowest BCUT2D eigenvalue weighted by atomic mass is 9.89. The second-order valence-corrected chi connectivity index (χ2v) is 2.97. The maximum atomic E-state index is 10.7. The Labute approximate surface area is 65.8 Å². The number of carbonyl (C=O) groups excluding carboxylic acids is 2. The van der Waals surface area contributed by atoms with Crippen molar-refractivity contribution >= 4 is 12.0 Å². The fourth-order valence-electron chi connectivity index (χ4n) is 0.552. The van der Waals surface area contributed by atoms with Crippen LogP contribution in [0.5, 0.6) is 0 Å². The molecule has 0 aliphatic rings. The van der Waals surface area contributed by atoms with Crippen LogP contribution in [0.15, 0.2) is 17.6 Å². The van der Waals surface area contributed by atoms with Crippen LogP contribution in [0.25, 0.3) is 0 Å². The third kappa shape index (κ3) is 4.23. The summed E-state index contributed by atoms with van der Waals surface area (Å²) in [6.07, 6.45) is 3.06. The van der Waals surface area contributed by atoms with Crippen LogP contribution >= 0.6 is 0 Å². The van der Waals surface area contributed by atoms with Gasteiger partial charge < -0.3 is 0 Å². The molecule has 3 heteroatoms. The first-order valence-corrected chi connectivity index (χ1v) is 3.26. The molecule has 0 atom stereocenters. The van der Waals surface area contributed by atoms with Crippen molar-refractivity contribution in [1.29, 1.82) is 0 Å². The highest BCUT2D eigenvalue weighted by molar-refractivity contribution is 5.82. The van der Waals surface area contributed by atoms with E-state index >= 15 is 0 Å². The number of allylic oxidation sites excluding steroid dienone is 1. The molecule has 0 aromatic rings. The van der Waals surface area contributed by atoms with Crippen LogP contribution in [0, 0.1) is 5.41 Å². The van der Waals surface area contributed by atoms with Gasteiger partial charge in [-0.3, -0.25) is 4.79 Å². The Morgan fingerprint density at radius 1 is 1.73 bits per heavy atom. The molecule has 0 aliphatic heterocycles. The number of amides is 1. The Morgan fingerprint density at radius 2 is 2.27 bits per heavy atom. The molecule has 0 radical (unpaired) electrons. The van der Waals surface area contributed by atoms with Gasteiger partial charge in [0.15, 0.2) is 0 Å². The summed E-state index contributed by atoms with van der Waals surface area (Å²) in [5.41, 5.74) is -0.294. The number of hydrogen-bond acceptors (Lipinski definition) is 2. The molecule has 1 amide bonds. The summed E-state index contributed by atoms with van der Waals surface area (Å²) in [6, 6.07) is 0. The maximum Gasteiger partial charge on any atom is 0.257 e. The van der Waals surface area contributed by atoms with Crippen LogP contribution < -0.4 is 0 Å². The van der Waals surface area contributed by atoms with E-state index in [1.807, 2.05) is 13.8 Å². The van der Waals surface area contributed by atoms with Crippen LogP contribution in [0.1, 0.15) is 20.3 Å². The summed E-state index contributed by atoms with van der Waals surface area (Å²) in [4.78, 5) is 23.4.